The zero-order valence-electron chi connectivity index (χ0n) is 19.3. The van der Waals surface area contributed by atoms with Crippen molar-refractivity contribution in [2.45, 2.75) is 103 Å². The molecule has 0 heterocycles. The van der Waals surface area contributed by atoms with Crippen LogP contribution in [0.2, 0.25) is 36.3 Å². The summed E-state index contributed by atoms with van der Waals surface area (Å²) in [6, 6.07) is 0. The monoisotopic (exact) mass is 410 g/mol. The quantitative estimate of drug-likeness (QED) is 0.187. The van der Waals surface area contributed by atoms with E-state index in [1.807, 2.05) is 6.08 Å². The summed E-state index contributed by atoms with van der Waals surface area (Å²) in [5.41, 5.74) is 0. The molecule has 0 unspecified atom stereocenters. The van der Waals surface area contributed by atoms with Crippen molar-refractivity contribution in [2.75, 3.05) is 0 Å². The standard InChI is InChI=1S/C22H42O3Si2/c1-13-15-20(25-27(11,12)22(6,7)8)18(16-17-23)19(14-2)24-26(9,10)21(3,4)5/h1,14,17-20H,2,15-16H2,3-12H3/t18-,19-,20-/m1/s1. The zero-order chi connectivity index (χ0) is 21.7. The van der Waals surface area contributed by atoms with Crippen molar-refractivity contribution in [3.05, 3.63) is 12.7 Å². The number of rotatable bonds is 10. The highest BCUT2D eigenvalue weighted by Gasteiger charge is 2.44. The van der Waals surface area contributed by atoms with Gasteiger partial charge in [0.05, 0.1) is 12.2 Å². The molecular formula is C22H42O3Si2. The van der Waals surface area contributed by atoms with Crippen molar-refractivity contribution < 1.29 is 13.6 Å². The molecule has 0 rings (SSSR count). The van der Waals surface area contributed by atoms with E-state index in [4.69, 9.17) is 15.3 Å². The summed E-state index contributed by atoms with van der Waals surface area (Å²) in [6.07, 6.45) is 8.81. The Labute approximate surface area is 170 Å². The second kappa shape index (κ2) is 9.69. The Morgan fingerprint density at radius 1 is 1.00 bits per heavy atom. The molecule has 0 aromatic rings. The normalized spacial score (nSPS) is 16.9. The van der Waals surface area contributed by atoms with Crippen LogP contribution < -0.4 is 0 Å². The molecule has 0 aliphatic rings. The van der Waals surface area contributed by atoms with E-state index in [0.717, 1.165) is 6.29 Å². The van der Waals surface area contributed by atoms with Crippen LogP contribution in [0.3, 0.4) is 0 Å². The lowest BCUT2D eigenvalue weighted by Gasteiger charge is -2.44. The molecule has 0 saturated heterocycles. The predicted octanol–water partition coefficient (Wildman–Crippen LogP) is 6.18. The highest BCUT2D eigenvalue weighted by Crippen LogP contribution is 2.41. The Morgan fingerprint density at radius 3 is 1.78 bits per heavy atom. The number of hydrogen-bond donors (Lipinski definition) is 0. The zero-order valence-corrected chi connectivity index (χ0v) is 21.3. The predicted molar refractivity (Wildman–Crippen MR) is 122 cm³/mol. The van der Waals surface area contributed by atoms with Gasteiger partial charge in [-0.15, -0.1) is 18.9 Å². The van der Waals surface area contributed by atoms with E-state index >= 15 is 0 Å². The van der Waals surface area contributed by atoms with Crippen LogP contribution in [0.1, 0.15) is 54.4 Å². The fourth-order valence-electron chi connectivity index (χ4n) is 2.39. The molecule has 0 fully saturated rings. The summed E-state index contributed by atoms with van der Waals surface area (Å²) >= 11 is 0. The fraction of sp³-hybridized carbons (Fsp3) is 0.773. The first-order valence-electron chi connectivity index (χ1n) is 9.89. The van der Waals surface area contributed by atoms with Gasteiger partial charge in [-0.3, -0.25) is 0 Å². The Hall–Kier alpha value is -0.676. The SMILES string of the molecule is C#CC[C@@H](O[Si](C)(C)C(C)(C)C)[C@H](CC=O)[C@@H](C=C)O[Si](C)(C)C(C)(C)C. The van der Waals surface area contributed by atoms with E-state index in [0.29, 0.717) is 12.8 Å². The average molecular weight is 411 g/mol. The van der Waals surface area contributed by atoms with Crippen LogP contribution >= 0.6 is 0 Å². The fourth-order valence-corrected chi connectivity index (χ4v) is 5.06. The van der Waals surface area contributed by atoms with Gasteiger partial charge in [0.15, 0.2) is 16.6 Å². The van der Waals surface area contributed by atoms with Crippen LogP contribution in [0.15, 0.2) is 12.7 Å². The second-order valence-corrected chi connectivity index (χ2v) is 20.0. The molecule has 0 radical (unpaired) electrons. The number of terminal acetylenes is 1. The van der Waals surface area contributed by atoms with Gasteiger partial charge in [0, 0.05) is 18.8 Å². The highest BCUT2D eigenvalue weighted by molar-refractivity contribution is 6.74. The van der Waals surface area contributed by atoms with E-state index in [9.17, 15) is 4.79 Å². The van der Waals surface area contributed by atoms with Gasteiger partial charge in [0.1, 0.15) is 6.29 Å². The van der Waals surface area contributed by atoms with Crippen molar-refractivity contribution in [1.29, 1.82) is 0 Å². The van der Waals surface area contributed by atoms with Gasteiger partial charge < -0.3 is 13.6 Å². The molecule has 0 N–H and O–H groups in total. The minimum Gasteiger partial charge on any atom is -0.413 e. The highest BCUT2D eigenvalue weighted by atomic mass is 28.4. The lowest BCUT2D eigenvalue weighted by Crippen LogP contribution is -2.50. The average Bonchev–Trinajstić information content (AvgIpc) is 2.47. The van der Waals surface area contributed by atoms with Gasteiger partial charge in [0.25, 0.3) is 0 Å². The first-order valence-corrected chi connectivity index (χ1v) is 15.7. The van der Waals surface area contributed by atoms with Crippen LogP contribution in [-0.4, -0.2) is 35.1 Å². The van der Waals surface area contributed by atoms with Crippen LogP contribution in [0.25, 0.3) is 0 Å². The van der Waals surface area contributed by atoms with Crippen LogP contribution in [0.4, 0.5) is 0 Å². The summed E-state index contributed by atoms with van der Waals surface area (Å²) in [5, 5.41) is 0.136. The van der Waals surface area contributed by atoms with Gasteiger partial charge in [-0.05, 0) is 36.3 Å². The number of carbonyl (C=O) groups is 1. The molecule has 0 saturated carbocycles. The topological polar surface area (TPSA) is 35.5 Å². The maximum Gasteiger partial charge on any atom is 0.192 e. The number of aldehydes is 1. The Balaban J connectivity index is 5.85. The van der Waals surface area contributed by atoms with E-state index in [1.54, 1.807) is 0 Å². The largest absolute Gasteiger partial charge is 0.413 e. The lowest BCUT2D eigenvalue weighted by atomic mass is 9.91. The van der Waals surface area contributed by atoms with E-state index in [1.165, 1.54) is 0 Å². The van der Waals surface area contributed by atoms with Crippen LogP contribution in [-0.2, 0) is 13.6 Å². The lowest BCUT2D eigenvalue weighted by molar-refractivity contribution is -0.110. The first kappa shape index (κ1) is 26.3. The minimum absolute atomic E-state index is 0.0650. The summed E-state index contributed by atoms with van der Waals surface area (Å²) in [6.45, 7) is 26.1. The molecule has 3 nitrogen and oxygen atoms in total. The third kappa shape index (κ3) is 7.34. The van der Waals surface area contributed by atoms with Gasteiger partial charge in [-0.1, -0.05) is 47.6 Å². The van der Waals surface area contributed by atoms with Gasteiger partial charge in [-0.2, -0.15) is 0 Å². The molecule has 0 amide bonds. The molecule has 0 spiro atoms. The number of hydrogen-bond acceptors (Lipinski definition) is 3. The van der Waals surface area contributed by atoms with E-state index in [-0.39, 0.29) is 28.2 Å². The molecule has 0 aromatic heterocycles. The maximum absolute atomic E-state index is 11.5. The van der Waals surface area contributed by atoms with Crippen molar-refractivity contribution >= 4 is 22.9 Å². The summed E-state index contributed by atoms with van der Waals surface area (Å²) in [4.78, 5) is 11.5. The van der Waals surface area contributed by atoms with Gasteiger partial charge >= 0.3 is 0 Å². The van der Waals surface area contributed by atoms with Crippen molar-refractivity contribution in [3.8, 4) is 12.3 Å². The molecule has 0 aliphatic heterocycles. The number of carbonyl (C=O) groups excluding carboxylic acids is 1. The molecule has 3 atom stereocenters. The molecule has 0 aliphatic carbocycles. The minimum atomic E-state index is -2.04. The molecule has 156 valence electrons. The Bertz CT molecular complexity index is 533. The third-order valence-corrected chi connectivity index (χ3v) is 15.3. The maximum atomic E-state index is 11.5. The molecule has 0 aromatic carbocycles. The van der Waals surface area contributed by atoms with Crippen molar-refractivity contribution in [1.82, 2.24) is 0 Å². The van der Waals surface area contributed by atoms with Gasteiger partial charge in [0.2, 0.25) is 0 Å². The molecule has 5 heteroatoms. The van der Waals surface area contributed by atoms with E-state index < -0.39 is 16.6 Å². The van der Waals surface area contributed by atoms with E-state index in [2.05, 4.69) is 80.2 Å². The molecular weight excluding hydrogens is 368 g/mol. The summed E-state index contributed by atoms with van der Waals surface area (Å²) < 4.78 is 13.3. The van der Waals surface area contributed by atoms with Crippen LogP contribution in [0.5, 0.6) is 0 Å². The summed E-state index contributed by atoms with van der Waals surface area (Å²) in [7, 11) is -4.07. The Kier molecular flexibility index (Phi) is 9.45. The van der Waals surface area contributed by atoms with Gasteiger partial charge in [-0.25, -0.2) is 0 Å². The molecule has 27 heavy (non-hydrogen) atoms. The molecule has 0 bridgehead atoms. The summed E-state index contributed by atoms with van der Waals surface area (Å²) in [5.74, 6) is 2.63. The Morgan fingerprint density at radius 2 is 1.44 bits per heavy atom. The van der Waals surface area contributed by atoms with Crippen LogP contribution in [0, 0.1) is 18.3 Å². The van der Waals surface area contributed by atoms with Crippen molar-refractivity contribution in [3.63, 3.8) is 0 Å². The smallest absolute Gasteiger partial charge is 0.192 e. The third-order valence-electron chi connectivity index (χ3n) is 6.31. The van der Waals surface area contributed by atoms with Crippen molar-refractivity contribution in [2.24, 2.45) is 5.92 Å². The second-order valence-electron chi connectivity index (χ2n) is 10.5. The first-order chi connectivity index (χ1) is 12.0.